The topological polar surface area (TPSA) is 273 Å². The van der Waals surface area contributed by atoms with Crippen LogP contribution in [0.4, 0.5) is 16.2 Å². The summed E-state index contributed by atoms with van der Waals surface area (Å²) in [6.07, 6.45) is -10.8. The van der Waals surface area contributed by atoms with Gasteiger partial charge in [0.15, 0.2) is 23.6 Å². The Bertz CT molecular complexity index is 2530. The Balaban J connectivity index is 1.34. The molecular weight excluding hydrogens is 871 g/mol. The van der Waals surface area contributed by atoms with E-state index < -0.39 is 113 Å². The van der Waals surface area contributed by atoms with Crippen molar-refractivity contribution in [2.45, 2.75) is 108 Å². The van der Waals surface area contributed by atoms with Gasteiger partial charge in [0.2, 0.25) is 0 Å². The molecule has 67 heavy (non-hydrogen) atoms. The smallest absolute Gasteiger partial charge is 0.338 e. The van der Waals surface area contributed by atoms with Crippen LogP contribution in [0.15, 0.2) is 101 Å². The number of amides is 2. The van der Waals surface area contributed by atoms with Crippen LogP contribution in [-0.4, -0.2) is 112 Å². The van der Waals surface area contributed by atoms with Gasteiger partial charge in [-0.2, -0.15) is 0 Å². The Labute approximate surface area is 385 Å². The van der Waals surface area contributed by atoms with E-state index in [-0.39, 0.29) is 29.7 Å². The molecule has 0 radical (unpaired) electrons. The first-order valence-electron chi connectivity index (χ1n) is 21.7. The summed E-state index contributed by atoms with van der Waals surface area (Å²) in [5.41, 5.74) is 1.92. The number of hydrogen-bond donors (Lipinski definition) is 4. The van der Waals surface area contributed by atoms with Crippen LogP contribution >= 0.6 is 0 Å². The number of nitrogens with one attached hydrogen (secondary N) is 1. The van der Waals surface area contributed by atoms with Crippen LogP contribution in [0.3, 0.4) is 0 Å². The minimum absolute atomic E-state index is 0.0316. The highest BCUT2D eigenvalue weighted by Crippen LogP contribution is 2.64. The van der Waals surface area contributed by atoms with Gasteiger partial charge < -0.3 is 44.3 Å². The highest BCUT2D eigenvalue weighted by molar-refractivity contribution is 5.96. The lowest BCUT2D eigenvalue weighted by atomic mass is 9.44. The van der Waals surface area contributed by atoms with Gasteiger partial charge in [-0.25, -0.2) is 14.4 Å². The Kier molecular flexibility index (Phi) is 13.1. The minimum Gasteiger partial charge on any atom is -0.456 e. The summed E-state index contributed by atoms with van der Waals surface area (Å²) in [6, 6.07) is 19.7. The molecule has 354 valence electrons. The predicted octanol–water partition coefficient (Wildman–Crippen LogP) is 5.09. The zero-order valence-electron chi connectivity index (χ0n) is 37.9. The number of carbonyl (C=O) groups is 6. The van der Waals surface area contributed by atoms with Crippen molar-refractivity contribution in [3.63, 3.8) is 0 Å². The first kappa shape index (κ1) is 48.3. The van der Waals surface area contributed by atoms with Crippen LogP contribution in [0.2, 0.25) is 0 Å². The van der Waals surface area contributed by atoms with E-state index in [0.717, 1.165) is 13.8 Å². The van der Waals surface area contributed by atoms with Crippen LogP contribution in [-0.2, 0) is 42.9 Å². The van der Waals surface area contributed by atoms with Crippen molar-refractivity contribution in [1.29, 1.82) is 0 Å². The molecule has 19 heteroatoms. The maximum atomic E-state index is 15.5. The Morgan fingerprint density at radius 1 is 0.925 bits per heavy atom. The molecule has 2 saturated carbocycles. The van der Waals surface area contributed by atoms with Crippen LogP contribution < -0.4 is 10.2 Å². The van der Waals surface area contributed by atoms with Crippen LogP contribution in [0.1, 0.15) is 76.3 Å². The molecule has 0 aromatic heterocycles. The maximum Gasteiger partial charge on any atom is 0.338 e. The molecule has 1 heterocycles. The van der Waals surface area contributed by atoms with E-state index in [4.69, 9.17) is 29.2 Å². The summed E-state index contributed by atoms with van der Waals surface area (Å²) in [6.45, 7) is 7.86. The van der Waals surface area contributed by atoms with E-state index in [1.807, 2.05) is 0 Å². The van der Waals surface area contributed by atoms with Crippen molar-refractivity contribution < 1.29 is 67.8 Å². The van der Waals surface area contributed by atoms with Crippen LogP contribution in [0.5, 0.6) is 0 Å². The monoisotopic (exact) mass is 923 g/mol. The number of nitrogens with zero attached hydrogens (tertiary/aromatic N) is 4. The Morgan fingerprint density at radius 3 is 2.12 bits per heavy atom. The van der Waals surface area contributed by atoms with Crippen LogP contribution in [0.25, 0.3) is 10.4 Å². The Hall–Kier alpha value is -6.63. The maximum absolute atomic E-state index is 15.5. The van der Waals surface area contributed by atoms with Gasteiger partial charge in [0.1, 0.15) is 23.9 Å². The number of urea groups is 1. The fourth-order valence-corrected chi connectivity index (χ4v) is 10.5. The van der Waals surface area contributed by atoms with E-state index >= 15 is 4.79 Å². The number of fused-ring (bicyclic) bond motifs is 5. The second kappa shape index (κ2) is 18.2. The lowest BCUT2D eigenvalue weighted by molar-refractivity contribution is -0.346. The molecule has 7 rings (SSSR count). The molecule has 1 aliphatic heterocycles. The molecule has 3 aromatic carbocycles. The molecule has 3 aliphatic carbocycles. The molecule has 4 aliphatic rings. The fraction of sp³-hybridized carbons (Fsp3) is 0.458. The molecule has 3 fully saturated rings. The SMILES string of the molecule is CC(=O)O[C@H]1C(=O)[C@@]2(C)[C@H]([C@H](OC(=O)c3ccccc3)[C@]3(O)C[C@H](OC(=O)[C@H](O)[C@@H](NC(=O)N(C)c4ccc(N=[N+]=[N-])cc4)c4ccccc4)C(C)=C1C3(C)C)[C@]1(OC(C)=O)CO[C@@H]1C[C@@H]2O. The summed E-state index contributed by atoms with van der Waals surface area (Å²) >= 11 is 0. The van der Waals surface area contributed by atoms with Crippen molar-refractivity contribution in [1.82, 2.24) is 5.32 Å². The molecule has 0 spiro atoms. The fourth-order valence-electron chi connectivity index (χ4n) is 10.5. The highest BCUT2D eigenvalue weighted by Gasteiger charge is 2.78. The Morgan fingerprint density at radius 2 is 1.55 bits per heavy atom. The minimum atomic E-state index is -2.43. The van der Waals surface area contributed by atoms with Gasteiger partial charge in [-0.15, -0.1) is 0 Å². The second-order valence-corrected chi connectivity index (χ2v) is 18.2. The number of rotatable bonds is 11. The number of Topliss-reactive ketones (excluding diaryl/α,β-unsaturated/α-hetero) is 1. The van der Waals surface area contributed by atoms with Gasteiger partial charge >= 0.3 is 29.9 Å². The van der Waals surface area contributed by atoms with E-state index in [0.29, 0.717) is 16.9 Å². The quantitative estimate of drug-likeness (QED) is 0.0487. The highest BCUT2D eigenvalue weighted by atomic mass is 16.6. The first-order chi connectivity index (χ1) is 31.6. The molecule has 4 N–H and O–H groups in total. The zero-order chi connectivity index (χ0) is 48.8. The molecule has 2 bridgehead atoms. The number of hydrogen-bond acceptors (Lipinski definition) is 15. The molecule has 2 amide bonds. The average Bonchev–Trinajstić information content (AvgIpc) is 3.29. The van der Waals surface area contributed by atoms with Crippen molar-refractivity contribution in [2.75, 3.05) is 18.6 Å². The van der Waals surface area contributed by atoms with Crippen molar-refractivity contribution in [3.8, 4) is 0 Å². The summed E-state index contributed by atoms with van der Waals surface area (Å²) in [5, 5.41) is 44.0. The van der Waals surface area contributed by atoms with Gasteiger partial charge in [-0.1, -0.05) is 79.6 Å². The molecule has 19 nitrogen and oxygen atoms in total. The number of azide groups is 1. The lowest BCUT2D eigenvalue weighted by Gasteiger charge is -2.67. The van der Waals surface area contributed by atoms with E-state index in [1.165, 1.54) is 62.2 Å². The van der Waals surface area contributed by atoms with E-state index in [9.17, 15) is 39.3 Å². The third-order valence-corrected chi connectivity index (χ3v) is 14.1. The second-order valence-electron chi connectivity index (χ2n) is 18.2. The van der Waals surface area contributed by atoms with Gasteiger partial charge in [0, 0.05) is 55.4 Å². The van der Waals surface area contributed by atoms with Crippen molar-refractivity contribution >= 4 is 47.1 Å². The largest absolute Gasteiger partial charge is 0.456 e. The molecule has 1 saturated heterocycles. The number of benzene rings is 3. The van der Waals surface area contributed by atoms with Gasteiger partial charge in [-0.05, 0) is 60.4 Å². The van der Waals surface area contributed by atoms with Gasteiger partial charge in [-0.3, -0.25) is 19.3 Å². The number of carbonyl (C=O) groups excluding carboxylic acids is 6. The summed E-state index contributed by atoms with van der Waals surface area (Å²) < 4.78 is 30.3. The first-order valence-corrected chi connectivity index (χ1v) is 21.7. The average molecular weight is 924 g/mol. The van der Waals surface area contributed by atoms with Crippen LogP contribution in [0, 0.1) is 16.7 Å². The molecule has 0 unspecified atom stereocenters. The number of ether oxygens (including phenoxy) is 5. The van der Waals surface area contributed by atoms with Crippen molar-refractivity contribution in [2.24, 2.45) is 21.9 Å². The normalized spacial score (nSPS) is 30.1. The number of aliphatic hydroxyl groups excluding tert-OH is 2. The molecule has 11 atom stereocenters. The zero-order valence-corrected chi connectivity index (χ0v) is 37.9. The number of aliphatic hydroxyl groups is 3. The van der Waals surface area contributed by atoms with E-state index in [2.05, 4.69) is 15.3 Å². The summed E-state index contributed by atoms with van der Waals surface area (Å²) in [7, 11) is 1.44. The standard InChI is InChI=1S/C48H53N5O14/c1-25-32(65-43(60)37(57)36(28-14-10-8-11-15-28)50-44(61)53(7)31-20-18-30(19-21-31)51-52-49)23-48(62)41(66-42(59)29-16-12-9-13-17-29)39-46(6,33(56)22-34-47(39,24-63-34)67-27(3)55)40(58)38(64-26(2)54)35(25)45(48,4)5/h8-21,32-34,36-39,41,56-57,62H,22-24H2,1-7H3,(H,50,61)/t32-,33-,34+,36-,37+,38+,39-,41-,46+,47-,48+/m0/s1. The van der Waals surface area contributed by atoms with E-state index in [1.54, 1.807) is 62.4 Å². The van der Waals surface area contributed by atoms with Gasteiger partial charge in [0.25, 0.3) is 0 Å². The third-order valence-electron chi connectivity index (χ3n) is 14.1. The third kappa shape index (κ3) is 8.31. The number of esters is 4. The predicted molar refractivity (Wildman–Crippen MR) is 236 cm³/mol. The van der Waals surface area contributed by atoms with Gasteiger partial charge in [0.05, 0.1) is 35.6 Å². The lowest BCUT2D eigenvalue weighted by Crippen LogP contribution is -2.82. The summed E-state index contributed by atoms with van der Waals surface area (Å²) in [5.74, 6) is -6.41. The molecular formula is C48H53N5O14. The molecule has 3 aromatic rings. The number of ketones is 1. The number of anilines is 1. The van der Waals surface area contributed by atoms with Crippen molar-refractivity contribution in [3.05, 3.63) is 118 Å². The summed E-state index contributed by atoms with van der Waals surface area (Å²) in [4.78, 5) is 88.1.